The molecule has 1 amide bonds. The van der Waals surface area contributed by atoms with E-state index < -0.39 is 0 Å². The summed E-state index contributed by atoms with van der Waals surface area (Å²) in [7, 11) is 0. The van der Waals surface area contributed by atoms with E-state index in [1.807, 2.05) is 6.92 Å². The first-order chi connectivity index (χ1) is 7.78. The molecule has 3 nitrogen and oxygen atoms in total. The van der Waals surface area contributed by atoms with Crippen molar-refractivity contribution in [1.82, 2.24) is 4.98 Å². The summed E-state index contributed by atoms with van der Waals surface area (Å²) in [6.07, 6.45) is 0. The molecule has 0 fully saturated rings. The maximum absolute atomic E-state index is 11.7. The van der Waals surface area contributed by atoms with Crippen LogP contribution < -0.4 is 5.32 Å². The molecule has 1 rings (SSSR count). The van der Waals surface area contributed by atoms with E-state index in [-0.39, 0.29) is 10.7 Å². The highest BCUT2D eigenvalue weighted by molar-refractivity contribution is 8.01. The third-order valence-electron chi connectivity index (χ3n) is 1.96. The molecular weight excluding hydrogens is 256 g/mol. The van der Waals surface area contributed by atoms with Crippen LogP contribution in [0.4, 0.5) is 5.69 Å². The Kier molecular flexibility index (Phi) is 4.83. The first kappa shape index (κ1) is 14.3. The largest absolute Gasteiger partial charge is 0.324 e. The molecule has 0 aliphatic carbocycles. The maximum Gasteiger partial charge on any atom is 0.234 e. The SMILES string of the molecule is Cc1nc(Cl)ccc1NC(=O)CSC(C)(C)C. The number of carbonyl (C=O) groups excluding carboxylic acids is 1. The molecule has 17 heavy (non-hydrogen) atoms. The van der Waals surface area contributed by atoms with E-state index in [4.69, 9.17) is 11.6 Å². The quantitative estimate of drug-likeness (QED) is 0.856. The van der Waals surface area contributed by atoms with Gasteiger partial charge in [0, 0.05) is 4.75 Å². The molecule has 0 unspecified atom stereocenters. The average molecular weight is 273 g/mol. The molecule has 94 valence electrons. The van der Waals surface area contributed by atoms with Crippen LogP contribution in [0.25, 0.3) is 0 Å². The van der Waals surface area contributed by atoms with Crippen LogP contribution in [0.1, 0.15) is 26.5 Å². The summed E-state index contributed by atoms with van der Waals surface area (Å²) in [6.45, 7) is 8.07. The zero-order valence-corrected chi connectivity index (χ0v) is 12.1. The molecule has 1 aromatic rings. The Bertz CT molecular complexity index is 415. The number of thioether (sulfide) groups is 1. The van der Waals surface area contributed by atoms with Gasteiger partial charge in [-0.15, -0.1) is 11.8 Å². The number of aromatic nitrogens is 1. The van der Waals surface area contributed by atoms with E-state index in [1.54, 1.807) is 23.9 Å². The highest BCUT2D eigenvalue weighted by Crippen LogP contribution is 2.23. The molecule has 0 spiro atoms. The fourth-order valence-electron chi connectivity index (χ4n) is 1.13. The van der Waals surface area contributed by atoms with Crippen molar-refractivity contribution in [3.8, 4) is 0 Å². The van der Waals surface area contributed by atoms with Gasteiger partial charge in [0.05, 0.1) is 17.1 Å². The molecule has 5 heteroatoms. The van der Waals surface area contributed by atoms with Gasteiger partial charge in [0.25, 0.3) is 0 Å². The molecule has 0 aliphatic rings. The van der Waals surface area contributed by atoms with Crippen molar-refractivity contribution in [3.05, 3.63) is 23.0 Å². The molecule has 0 aromatic carbocycles. The van der Waals surface area contributed by atoms with Crippen molar-refractivity contribution in [2.45, 2.75) is 32.4 Å². The summed E-state index contributed by atoms with van der Waals surface area (Å²) in [4.78, 5) is 15.8. The number of pyridine rings is 1. The van der Waals surface area contributed by atoms with Gasteiger partial charge < -0.3 is 5.32 Å². The van der Waals surface area contributed by atoms with Crippen LogP contribution in [0.5, 0.6) is 0 Å². The van der Waals surface area contributed by atoms with Crippen LogP contribution in [0.3, 0.4) is 0 Å². The van der Waals surface area contributed by atoms with E-state index in [0.29, 0.717) is 16.6 Å². The molecule has 0 saturated carbocycles. The molecule has 1 aromatic heterocycles. The lowest BCUT2D eigenvalue weighted by molar-refractivity contribution is -0.113. The Balaban J connectivity index is 2.57. The van der Waals surface area contributed by atoms with Crippen LogP contribution in [0.15, 0.2) is 12.1 Å². The van der Waals surface area contributed by atoms with Crippen molar-refractivity contribution in [3.63, 3.8) is 0 Å². The summed E-state index contributed by atoms with van der Waals surface area (Å²) < 4.78 is 0.0879. The van der Waals surface area contributed by atoms with Crippen molar-refractivity contribution in [1.29, 1.82) is 0 Å². The number of halogens is 1. The van der Waals surface area contributed by atoms with Gasteiger partial charge >= 0.3 is 0 Å². The smallest absolute Gasteiger partial charge is 0.234 e. The van der Waals surface area contributed by atoms with Gasteiger partial charge in [-0.25, -0.2) is 4.98 Å². The van der Waals surface area contributed by atoms with Crippen LogP contribution in [-0.2, 0) is 4.79 Å². The predicted molar refractivity (Wildman–Crippen MR) is 74.8 cm³/mol. The van der Waals surface area contributed by atoms with Crippen LogP contribution in [0, 0.1) is 6.92 Å². The van der Waals surface area contributed by atoms with Crippen molar-refractivity contribution >= 4 is 35.0 Å². The van der Waals surface area contributed by atoms with Crippen LogP contribution in [0.2, 0.25) is 5.15 Å². The number of nitrogens with one attached hydrogen (secondary N) is 1. The molecule has 0 radical (unpaired) electrons. The number of nitrogens with zero attached hydrogens (tertiary/aromatic N) is 1. The highest BCUT2D eigenvalue weighted by Gasteiger charge is 2.14. The van der Waals surface area contributed by atoms with Gasteiger partial charge in [-0.2, -0.15) is 0 Å². The zero-order chi connectivity index (χ0) is 13.1. The minimum absolute atomic E-state index is 0.0165. The summed E-state index contributed by atoms with van der Waals surface area (Å²) in [6, 6.07) is 3.44. The lowest BCUT2D eigenvalue weighted by Crippen LogP contribution is -2.19. The average Bonchev–Trinajstić information content (AvgIpc) is 2.18. The number of carbonyl (C=O) groups is 1. The van der Waals surface area contributed by atoms with E-state index >= 15 is 0 Å². The minimum atomic E-state index is -0.0165. The molecule has 0 atom stereocenters. The fourth-order valence-corrected chi connectivity index (χ4v) is 1.96. The lowest BCUT2D eigenvalue weighted by atomic mass is 10.3. The number of aryl methyl sites for hydroxylation is 1. The Morgan fingerprint density at radius 3 is 2.65 bits per heavy atom. The number of anilines is 1. The Labute approximate surface area is 111 Å². The van der Waals surface area contributed by atoms with Crippen molar-refractivity contribution in [2.75, 3.05) is 11.1 Å². The second-order valence-electron chi connectivity index (χ2n) is 4.72. The van der Waals surface area contributed by atoms with Crippen LogP contribution in [-0.4, -0.2) is 21.4 Å². The second kappa shape index (κ2) is 5.74. The van der Waals surface area contributed by atoms with Gasteiger partial charge in [-0.05, 0) is 19.1 Å². The summed E-state index contributed by atoms with van der Waals surface area (Å²) in [5, 5.41) is 3.26. The standard InChI is InChI=1S/C12H17ClN2OS/c1-8-9(5-6-10(13)14-8)15-11(16)7-17-12(2,3)4/h5-6H,7H2,1-4H3,(H,15,16). The Hall–Kier alpha value is -0.740. The van der Waals surface area contributed by atoms with Gasteiger partial charge in [-0.3, -0.25) is 4.79 Å². The second-order valence-corrected chi connectivity index (χ2v) is 6.91. The van der Waals surface area contributed by atoms with Gasteiger partial charge in [-0.1, -0.05) is 32.4 Å². The maximum atomic E-state index is 11.7. The first-order valence-corrected chi connectivity index (χ1v) is 6.71. The number of hydrogen-bond acceptors (Lipinski definition) is 3. The van der Waals surface area contributed by atoms with E-state index in [9.17, 15) is 4.79 Å². The molecule has 0 bridgehead atoms. The monoisotopic (exact) mass is 272 g/mol. The van der Waals surface area contributed by atoms with Gasteiger partial charge in [0.2, 0.25) is 5.91 Å². The number of amides is 1. The van der Waals surface area contributed by atoms with E-state index in [1.165, 1.54) is 0 Å². The topological polar surface area (TPSA) is 42.0 Å². The summed E-state index contributed by atoms with van der Waals surface area (Å²) in [5.41, 5.74) is 1.44. The molecule has 1 N–H and O–H groups in total. The zero-order valence-electron chi connectivity index (χ0n) is 10.5. The fraction of sp³-hybridized carbons (Fsp3) is 0.500. The molecule has 0 saturated heterocycles. The predicted octanol–water partition coefficient (Wildman–Crippen LogP) is 3.51. The third kappa shape index (κ3) is 5.41. The Morgan fingerprint density at radius 1 is 1.47 bits per heavy atom. The molecule has 1 heterocycles. The lowest BCUT2D eigenvalue weighted by Gasteiger charge is -2.17. The number of rotatable bonds is 3. The molecular formula is C12H17ClN2OS. The normalized spacial score (nSPS) is 11.4. The van der Waals surface area contributed by atoms with E-state index in [0.717, 1.165) is 5.69 Å². The highest BCUT2D eigenvalue weighted by atomic mass is 35.5. The van der Waals surface area contributed by atoms with Gasteiger partial charge in [0.15, 0.2) is 0 Å². The summed E-state index contributed by atoms with van der Waals surface area (Å²) in [5.74, 6) is 0.420. The summed E-state index contributed by atoms with van der Waals surface area (Å²) >= 11 is 7.36. The first-order valence-electron chi connectivity index (χ1n) is 5.35. The van der Waals surface area contributed by atoms with Gasteiger partial charge in [0.1, 0.15) is 5.15 Å². The third-order valence-corrected chi connectivity index (χ3v) is 3.45. The van der Waals surface area contributed by atoms with Crippen molar-refractivity contribution in [2.24, 2.45) is 0 Å². The Morgan fingerprint density at radius 2 is 2.12 bits per heavy atom. The minimum Gasteiger partial charge on any atom is -0.324 e. The number of hydrogen-bond donors (Lipinski definition) is 1. The van der Waals surface area contributed by atoms with Crippen molar-refractivity contribution < 1.29 is 4.79 Å². The van der Waals surface area contributed by atoms with Crippen LogP contribution >= 0.6 is 23.4 Å². The molecule has 0 aliphatic heterocycles. The van der Waals surface area contributed by atoms with E-state index in [2.05, 4.69) is 31.1 Å².